The summed E-state index contributed by atoms with van der Waals surface area (Å²) in [5, 5.41) is 0. The summed E-state index contributed by atoms with van der Waals surface area (Å²) in [5.74, 6) is 1.97. The molecule has 0 N–H and O–H groups in total. The predicted molar refractivity (Wildman–Crippen MR) is 152 cm³/mol. The van der Waals surface area contributed by atoms with E-state index in [0.29, 0.717) is 11.4 Å². The maximum atomic E-state index is 14.8. The molecular formula is C33H51FN2. The zero-order chi connectivity index (χ0) is 25.4. The van der Waals surface area contributed by atoms with Crippen molar-refractivity contribution < 1.29 is 4.39 Å². The number of hydrogen-bond acceptors (Lipinski definition) is 2. The molecule has 2 nitrogen and oxygen atoms in total. The lowest BCUT2D eigenvalue weighted by atomic mass is 9.78. The first-order valence-corrected chi connectivity index (χ1v) is 15.3. The van der Waals surface area contributed by atoms with Crippen LogP contribution in [0, 0.1) is 17.8 Å². The third-order valence-corrected chi connectivity index (χ3v) is 8.33. The fraction of sp³-hybridized carbons (Fsp3) is 0.697. The third kappa shape index (κ3) is 10.3. The second kappa shape index (κ2) is 16.9. The van der Waals surface area contributed by atoms with Crippen molar-refractivity contribution in [3.05, 3.63) is 47.8 Å². The highest BCUT2D eigenvalue weighted by Gasteiger charge is 2.21. The van der Waals surface area contributed by atoms with Crippen LogP contribution in [0.15, 0.2) is 30.5 Å². The van der Waals surface area contributed by atoms with E-state index in [9.17, 15) is 4.39 Å². The number of aromatic nitrogens is 2. The maximum Gasteiger partial charge on any atom is 0.224 e. The Morgan fingerprint density at radius 3 is 1.92 bits per heavy atom. The Hall–Kier alpha value is -1.77. The first-order chi connectivity index (χ1) is 17.7. The van der Waals surface area contributed by atoms with E-state index < -0.39 is 0 Å². The van der Waals surface area contributed by atoms with Gasteiger partial charge in [0, 0.05) is 12.6 Å². The minimum Gasteiger partial charge on any atom is -0.241 e. The summed E-state index contributed by atoms with van der Waals surface area (Å²) in [6.45, 7) is 4.55. The highest BCUT2D eigenvalue weighted by Crippen LogP contribution is 2.34. The Morgan fingerprint density at radius 2 is 1.28 bits per heavy atom. The van der Waals surface area contributed by atoms with E-state index in [2.05, 4.69) is 35.9 Å². The zero-order valence-electron chi connectivity index (χ0n) is 23.2. The summed E-state index contributed by atoms with van der Waals surface area (Å²) in [6.07, 6.45) is 26.3. The lowest BCUT2D eigenvalue weighted by molar-refractivity contribution is 0.248. The van der Waals surface area contributed by atoms with E-state index in [4.69, 9.17) is 0 Å². The number of unbranched alkanes of at least 4 members (excludes halogenated alkanes) is 9. The number of nitrogens with zero attached hydrogens (tertiary/aromatic N) is 2. The van der Waals surface area contributed by atoms with Crippen molar-refractivity contribution in [1.82, 2.24) is 9.97 Å². The molecule has 1 heterocycles. The molecule has 1 saturated carbocycles. The summed E-state index contributed by atoms with van der Waals surface area (Å²) in [6, 6.07) is 8.34. The van der Waals surface area contributed by atoms with Crippen molar-refractivity contribution in [2.24, 2.45) is 11.8 Å². The molecule has 1 fully saturated rings. The minimum atomic E-state index is -0.379. The lowest BCUT2D eigenvalue weighted by Gasteiger charge is -2.28. The first-order valence-electron chi connectivity index (χ1n) is 15.3. The van der Waals surface area contributed by atoms with Crippen molar-refractivity contribution >= 4 is 0 Å². The average molecular weight is 495 g/mol. The van der Waals surface area contributed by atoms with Gasteiger partial charge >= 0.3 is 0 Å². The molecule has 3 heteroatoms. The van der Waals surface area contributed by atoms with Crippen LogP contribution in [0.25, 0.3) is 11.1 Å². The van der Waals surface area contributed by atoms with Crippen LogP contribution >= 0.6 is 0 Å². The van der Waals surface area contributed by atoms with Crippen LogP contribution in [0.5, 0.6) is 0 Å². The topological polar surface area (TPSA) is 25.8 Å². The van der Waals surface area contributed by atoms with Crippen molar-refractivity contribution in [2.45, 2.75) is 136 Å². The van der Waals surface area contributed by atoms with Gasteiger partial charge in [0.2, 0.25) is 5.95 Å². The van der Waals surface area contributed by atoms with E-state index in [0.717, 1.165) is 36.7 Å². The zero-order valence-corrected chi connectivity index (χ0v) is 23.2. The van der Waals surface area contributed by atoms with E-state index in [1.54, 1.807) is 6.20 Å². The molecule has 2 aromatic rings. The van der Waals surface area contributed by atoms with Crippen LogP contribution in [0.2, 0.25) is 0 Å². The van der Waals surface area contributed by atoms with E-state index in [-0.39, 0.29) is 5.95 Å². The molecule has 0 spiro atoms. The fourth-order valence-electron chi connectivity index (χ4n) is 5.85. The Morgan fingerprint density at radius 1 is 0.694 bits per heavy atom. The van der Waals surface area contributed by atoms with Crippen molar-refractivity contribution in [2.75, 3.05) is 0 Å². The monoisotopic (exact) mass is 494 g/mol. The largest absolute Gasteiger partial charge is 0.241 e. The molecule has 0 bridgehead atoms. The highest BCUT2D eigenvalue weighted by molar-refractivity contribution is 5.62. The molecule has 1 aliphatic rings. The molecule has 200 valence electrons. The number of aryl methyl sites for hydroxylation is 2. The predicted octanol–water partition coefficient (Wildman–Crippen LogP) is 10.3. The van der Waals surface area contributed by atoms with Gasteiger partial charge in [-0.1, -0.05) is 134 Å². The molecule has 0 aliphatic heterocycles. The van der Waals surface area contributed by atoms with Gasteiger partial charge in [-0.05, 0) is 42.2 Å². The Labute approximate surface area is 220 Å². The molecular weight excluding hydrogens is 443 g/mol. The summed E-state index contributed by atoms with van der Waals surface area (Å²) in [4.78, 5) is 8.77. The fourth-order valence-corrected chi connectivity index (χ4v) is 5.85. The Kier molecular flexibility index (Phi) is 13.5. The number of hydrogen-bond donors (Lipinski definition) is 0. The molecule has 0 atom stereocenters. The van der Waals surface area contributed by atoms with Gasteiger partial charge in [-0.3, -0.25) is 0 Å². The smallest absolute Gasteiger partial charge is 0.224 e. The SMILES string of the molecule is CCCCCCCCCCc1ccc(-c2cnc(CC[C@H]3CC[C@H](CCCCC)CC3)nc2F)cc1. The van der Waals surface area contributed by atoms with E-state index >= 15 is 0 Å². The molecule has 0 amide bonds. The Bertz CT molecular complexity index is 839. The quantitative estimate of drug-likeness (QED) is 0.161. The van der Waals surface area contributed by atoms with Crippen LogP contribution in [-0.2, 0) is 12.8 Å². The number of rotatable bonds is 17. The van der Waals surface area contributed by atoms with Crippen molar-refractivity contribution in [1.29, 1.82) is 0 Å². The van der Waals surface area contributed by atoms with Crippen molar-refractivity contribution in [3.63, 3.8) is 0 Å². The molecule has 0 unspecified atom stereocenters. The standard InChI is InChI=1S/C33H51FN2/c1-3-5-7-8-9-10-11-13-15-28-20-23-30(24-21-28)31-26-35-32(36-33(31)34)25-22-29-18-16-27(17-19-29)14-12-6-4-2/h20-21,23-24,26-27,29H,3-19,22,25H2,1-2H3/t27-,29-. The molecule has 0 saturated heterocycles. The van der Waals surface area contributed by atoms with Gasteiger partial charge in [-0.25, -0.2) is 9.97 Å². The van der Waals surface area contributed by atoms with Gasteiger partial charge in [-0.2, -0.15) is 4.39 Å². The summed E-state index contributed by atoms with van der Waals surface area (Å²) < 4.78 is 14.8. The van der Waals surface area contributed by atoms with Gasteiger partial charge in [0.15, 0.2) is 0 Å². The lowest BCUT2D eigenvalue weighted by Crippen LogP contribution is -2.15. The third-order valence-electron chi connectivity index (χ3n) is 8.33. The highest BCUT2D eigenvalue weighted by atomic mass is 19.1. The molecule has 1 aromatic carbocycles. The summed E-state index contributed by atoms with van der Waals surface area (Å²) >= 11 is 0. The number of benzene rings is 1. The molecule has 36 heavy (non-hydrogen) atoms. The summed E-state index contributed by atoms with van der Waals surface area (Å²) in [7, 11) is 0. The van der Waals surface area contributed by atoms with E-state index in [1.165, 1.54) is 108 Å². The van der Waals surface area contributed by atoms with Gasteiger partial charge in [-0.15, -0.1) is 0 Å². The minimum absolute atomic E-state index is 0.379. The molecule has 1 aliphatic carbocycles. The van der Waals surface area contributed by atoms with Crippen molar-refractivity contribution in [3.8, 4) is 11.1 Å². The molecule has 0 radical (unpaired) electrons. The van der Waals surface area contributed by atoms with Crippen LogP contribution < -0.4 is 0 Å². The average Bonchev–Trinajstić information content (AvgIpc) is 2.90. The Balaban J connectivity index is 1.37. The first kappa shape index (κ1) is 28.8. The van der Waals surface area contributed by atoms with E-state index in [1.807, 2.05) is 12.1 Å². The van der Waals surface area contributed by atoms with Crippen LogP contribution in [0.4, 0.5) is 4.39 Å². The van der Waals surface area contributed by atoms with Crippen LogP contribution in [-0.4, -0.2) is 9.97 Å². The molecule has 3 rings (SSSR count). The van der Waals surface area contributed by atoms with Crippen LogP contribution in [0.3, 0.4) is 0 Å². The second-order valence-corrected chi connectivity index (χ2v) is 11.3. The second-order valence-electron chi connectivity index (χ2n) is 11.3. The number of halogens is 1. The maximum absolute atomic E-state index is 14.8. The van der Waals surface area contributed by atoms with Gasteiger partial charge in [0.25, 0.3) is 0 Å². The summed E-state index contributed by atoms with van der Waals surface area (Å²) in [5.41, 5.74) is 2.73. The van der Waals surface area contributed by atoms with Crippen LogP contribution in [0.1, 0.15) is 134 Å². The van der Waals surface area contributed by atoms with Gasteiger partial charge < -0.3 is 0 Å². The van der Waals surface area contributed by atoms with Gasteiger partial charge in [0.1, 0.15) is 5.82 Å². The molecule has 1 aromatic heterocycles. The normalized spacial score (nSPS) is 18.0. The van der Waals surface area contributed by atoms with Gasteiger partial charge in [0.05, 0.1) is 5.56 Å².